The van der Waals surface area contributed by atoms with Crippen molar-refractivity contribution in [2.45, 2.75) is 26.3 Å². The lowest BCUT2D eigenvalue weighted by Crippen LogP contribution is -2.41. The summed E-state index contributed by atoms with van der Waals surface area (Å²) in [5.41, 5.74) is -0.289. The fourth-order valence-electron chi connectivity index (χ4n) is 1.55. The molecule has 3 N–H and O–H groups in total. The fourth-order valence-corrected chi connectivity index (χ4v) is 1.55. The largest absolute Gasteiger partial charge is 0.480 e. The summed E-state index contributed by atoms with van der Waals surface area (Å²) in [7, 11) is 0. The van der Waals surface area contributed by atoms with Crippen molar-refractivity contribution in [2.24, 2.45) is 5.92 Å². The molecule has 0 aliphatic heterocycles. The molecule has 0 saturated heterocycles. The first-order valence-electron chi connectivity index (χ1n) is 5.67. The number of rotatable bonds is 6. The summed E-state index contributed by atoms with van der Waals surface area (Å²) in [6, 6.07) is 0.0405. The normalized spacial score (nSPS) is 12.2. The number of amides is 1. The predicted molar refractivity (Wildman–Crippen MR) is 65.8 cm³/mol. The first-order valence-corrected chi connectivity index (χ1v) is 5.67. The van der Waals surface area contributed by atoms with E-state index in [9.17, 15) is 19.7 Å². The molecule has 0 aromatic carbocycles. The monoisotopic (exact) mass is 269 g/mol. The molecule has 1 heterocycles. The lowest BCUT2D eigenvalue weighted by molar-refractivity contribution is -0.384. The Balaban J connectivity index is 2.75. The number of aromatic nitrogens is 1. The van der Waals surface area contributed by atoms with Crippen molar-refractivity contribution in [3.05, 3.63) is 28.1 Å². The van der Waals surface area contributed by atoms with Crippen molar-refractivity contribution >= 4 is 17.6 Å². The smallest absolute Gasteiger partial charge is 0.326 e. The maximum atomic E-state index is 11.7. The van der Waals surface area contributed by atoms with E-state index in [1.54, 1.807) is 0 Å². The van der Waals surface area contributed by atoms with E-state index >= 15 is 0 Å². The van der Waals surface area contributed by atoms with Crippen molar-refractivity contribution in [3.8, 4) is 0 Å². The van der Waals surface area contributed by atoms with Gasteiger partial charge in [0.25, 0.3) is 11.6 Å². The Bertz CT molecular complexity index is 494. The van der Waals surface area contributed by atoms with Crippen LogP contribution in [0.1, 0.15) is 30.8 Å². The number of hydrogen-bond donors (Lipinski definition) is 3. The number of carboxylic acid groups (broad SMARTS) is 1. The van der Waals surface area contributed by atoms with Gasteiger partial charge in [0, 0.05) is 6.07 Å². The Morgan fingerprint density at radius 2 is 2.16 bits per heavy atom. The Morgan fingerprint density at radius 1 is 1.53 bits per heavy atom. The highest BCUT2D eigenvalue weighted by molar-refractivity contribution is 5.95. The predicted octanol–water partition coefficient (Wildman–Crippen LogP) is 1.15. The number of carbonyl (C=O) groups is 2. The zero-order valence-corrected chi connectivity index (χ0v) is 10.5. The highest BCUT2D eigenvalue weighted by atomic mass is 16.6. The van der Waals surface area contributed by atoms with Gasteiger partial charge in [-0.25, -0.2) is 4.79 Å². The van der Waals surface area contributed by atoms with Crippen LogP contribution in [0.2, 0.25) is 0 Å². The third kappa shape index (κ3) is 4.09. The van der Waals surface area contributed by atoms with Crippen molar-refractivity contribution in [2.75, 3.05) is 0 Å². The van der Waals surface area contributed by atoms with Crippen LogP contribution in [0.15, 0.2) is 12.3 Å². The molecule has 0 spiro atoms. The Morgan fingerprint density at radius 3 is 2.58 bits per heavy atom. The van der Waals surface area contributed by atoms with Gasteiger partial charge in [0.1, 0.15) is 11.7 Å². The molecule has 1 amide bonds. The molecule has 0 saturated carbocycles. The standard InChI is InChI=1S/C11H15N3O5/c1-6(2)3-9(11(16)17)13-10(15)8-4-7(5-12-8)14(18)19/h4-6,9,12H,3H2,1-2H3,(H,13,15)(H,16,17)/t9-/m1/s1. The number of nitrogens with zero attached hydrogens (tertiary/aromatic N) is 1. The molecule has 8 heteroatoms. The molecule has 104 valence electrons. The minimum Gasteiger partial charge on any atom is -0.480 e. The molecule has 0 bridgehead atoms. The van der Waals surface area contributed by atoms with Crippen LogP contribution >= 0.6 is 0 Å². The molecule has 0 aliphatic rings. The molecular formula is C11H15N3O5. The zero-order chi connectivity index (χ0) is 14.6. The topological polar surface area (TPSA) is 125 Å². The number of carboxylic acids is 1. The van der Waals surface area contributed by atoms with E-state index in [1.807, 2.05) is 13.8 Å². The maximum Gasteiger partial charge on any atom is 0.326 e. The van der Waals surface area contributed by atoms with Gasteiger partial charge in [0.15, 0.2) is 0 Å². The third-order valence-electron chi connectivity index (χ3n) is 2.43. The molecular weight excluding hydrogens is 254 g/mol. The molecule has 1 aromatic rings. The molecule has 0 unspecified atom stereocenters. The second-order valence-corrected chi connectivity index (χ2v) is 4.52. The molecule has 0 radical (unpaired) electrons. The van der Waals surface area contributed by atoms with Crippen LogP contribution < -0.4 is 5.32 Å². The molecule has 8 nitrogen and oxygen atoms in total. The van der Waals surface area contributed by atoms with Crippen LogP contribution in [0.25, 0.3) is 0 Å². The quantitative estimate of drug-likeness (QED) is 0.527. The minimum atomic E-state index is -1.14. The second kappa shape index (κ2) is 5.98. The average Bonchev–Trinajstić information content (AvgIpc) is 2.76. The van der Waals surface area contributed by atoms with E-state index in [-0.39, 0.29) is 23.7 Å². The van der Waals surface area contributed by atoms with E-state index in [1.165, 1.54) is 0 Å². The van der Waals surface area contributed by atoms with Crippen molar-refractivity contribution in [1.29, 1.82) is 0 Å². The van der Waals surface area contributed by atoms with Gasteiger partial charge in [-0.3, -0.25) is 14.9 Å². The van der Waals surface area contributed by atoms with Crippen LogP contribution in [-0.2, 0) is 4.79 Å². The lowest BCUT2D eigenvalue weighted by atomic mass is 10.0. The number of hydrogen-bond acceptors (Lipinski definition) is 4. The number of aromatic amines is 1. The van der Waals surface area contributed by atoms with Gasteiger partial charge in [-0.2, -0.15) is 0 Å². The number of H-pyrrole nitrogens is 1. The van der Waals surface area contributed by atoms with Crippen LogP contribution in [0.4, 0.5) is 5.69 Å². The average molecular weight is 269 g/mol. The molecule has 19 heavy (non-hydrogen) atoms. The van der Waals surface area contributed by atoms with Crippen LogP contribution in [0.3, 0.4) is 0 Å². The summed E-state index contributed by atoms with van der Waals surface area (Å²) < 4.78 is 0. The van der Waals surface area contributed by atoms with Crippen molar-refractivity contribution in [1.82, 2.24) is 10.3 Å². The summed E-state index contributed by atoms with van der Waals surface area (Å²) in [4.78, 5) is 35.0. The number of aliphatic carboxylic acids is 1. The van der Waals surface area contributed by atoms with Gasteiger partial charge < -0.3 is 15.4 Å². The molecule has 1 atom stereocenters. The van der Waals surface area contributed by atoms with Gasteiger partial charge >= 0.3 is 5.97 Å². The van der Waals surface area contributed by atoms with Crippen molar-refractivity contribution in [3.63, 3.8) is 0 Å². The Hall–Kier alpha value is -2.38. The highest BCUT2D eigenvalue weighted by Gasteiger charge is 2.23. The summed E-state index contributed by atoms with van der Waals surface area (Å²) in [5, 5.41) is 21.8. The second-order valence-electron chi connectivity index (χ2n) is 4.52. The van der Waals surface area contributed by atoms with E-state index in [0.717, 1.165) is 12.3 Å². The summed E-state index contributed by atoms with van der Waals surface area (Å²) >= 11 is 0. The van der Waals surface area contributed by atoms with Gasteiger partial charge in [-0.05, 0) is 12.3 Å². The Kier molecular flexibility index (Phi) is 4.62. The minimum absolute atomic E-state index is 0.0401. The molecule has 1 rings (SSSR count). The zero-order valence-electron chi connectivity index (χ0n) is 10.5. The van der Waals surface area contributed by atoms with Gasteiger partial charge in [0.2, 0.25) is 0 Å². The maximum absolute atomic E-state index is 11.7. The van der Waals surface area contributed by atoms with Crippen LogP contribution in [-0.4, -0.2) is 32.9 Å². The number of carbonyl (C=O) groups excluding carboxylic acids is 1. The highest BCUT2D eigenvalue weighted by Crippen LogP contribution is 2.13. The van der Waals surface area contributed by atoms with E-state index in [2.05, 4.69) is 10.3 Å². The molecule has 1 aromatic heterocycles. The van der Waals surface area contributed by atoms with Crippen LogP contribution in [0, 0.1) is 16.0 Å². The van der Waals surface area contributed by atoms with E-state index < -0.39 is 22.8 Å². The molecule has 0 aliphatic carbocycles. The summed E-state index contributed by atoms with van der Waals surface area (Å²) in [6.45, 7) is 3.67. The fraction of sp³-hybridized carbons (Fsp3) is 0.455. The third-order valence-corrected chi connectivity index (χ3v) is 2.43. The number of nitro groups is 1. The van der Waals surface area contributed by atoms with Crippen molar-refractivity contribution < 1.29 is 19.6 Å². The Labute approximate surface area is 109 Å². The van der Waals surface area contributed by atoms with Gasteiger partial charge in [-0.15, -0.1) is 0 Å². The van der Waals surface area contributed by atoms with E-state index in [0.29, 0.717) is 0 Å². The van der Waals surface area contributed by atoms with Crippen LogP contribution in [0.5, 0.6) is 0 Å². The SMILES string of the molecule is CC(C)C[C@@H](NC(=O)c1cc([N+](=O)[O-])c[nH]1)C(=O)O. The first-order chi connectivity index (χ1) is 8.81. The first kappa shape index (κ1) is 14.7. The summed E-state index contributed by atoms with van der Waals surface area (Å²) in [6.07, 6.45) is 1.36. The number of nitrogens with one attached hydrogen (secondary N) is 2. The molecule has 0 fully saturated rings. The van der Waals surface area contributed by atoms with Gasteiger partial charge in [-0.1, -0.05) is 13.8 Å². The van der Waals surface area contributed by atoms with Gasteiger partial charge in [0.05, 0.1) is 11.1 Å². The van der Waals surface area contributed by atoms with E-state index in [4.69, 9.17) is 5.11 Å². The summed E-state index contributed by atoms with van der Waals surface area (Å²) in [5.74, 6) is -1.72. The lowest BCUT2D eigenvalue weighted by Gasteiger charge is -2.15.